The second-order valence-electron chi connectivity index (χ2n) is 4.38. The highest BCUT2D eigenvalue weighted by molar-refractivity contribution is 4.82. The van der Waals surface area contributed by atoms with Crippen molar-refractivity contribution in [1.29, 1.82) is 0 Å². The van der Waals surface area contributed by atoms with Gasteiger partial charge in [-0.25, -0.2) is 0 Å². The molecule has 88 valence electrons. The van der Waals surface area contributed by atoms with E-state index in [0.717, 1.165) is 58.5 Å². The molecule has 2 fully saturated rings. The summed E-state index contributed by atoms with van der Waals surface area (Å²) in [6.45, 7) is 5.03. The highest BCUT2D eigenvalue weighted by Crippen LogP contribution is 2.31. The smallest absolute Gasteiger partial charge is 0.170 e. The van der Waals surface area contributed by atoms with Crippen molar-refractivity contribution in [1.82, 2.24) is 4.90 Å². The van der Waals surface area contributed by atoms with E-state index in [4.69, 9.17) is 14.6 Å². The lowest BCUT2D eigenvalue weighted by atomic mass is 10.0. The van der Waals surface area contributed by atoms with Crippen LogP contribution in [-0.2, 0) is 9.47 Å². The van der Waals surface area contributed by atoms with Crippen LogP contribution >= 0.6 is 0 Å². The van der Waals surface area contributed by atoms with Crippen LogP contribution in [0.5, 0.6) is 0 Å². The number of likely N-dealkylation sites (tertiary alicyclic amines) is 1. The van der Waals surface area contributed by atoms with E-state index in [1.165, 1.54) is 0 Å². The second-order valence-corrected chi connectivity index (χ2v) is 4.38. The van der Waals surface area contributed by atoms with Gasteiger partial charge in [0.25, 0.3) is 0 Å². The Kier molecular flexibility index (Phi) is 3.97. The van der Waals surface area contributed by atoms with E-state index in [0.29, 0.717) is 6.61 Å². The molecule has 4 nitrogen and oxygen atoms in total. The molecule has 1 N–H and O–H groups in total. The van der Waals surface area contributed by atoms with Crippen LogP contribution in [0.25, 0.3) is 0 Å². The van der Waals surface area contributed by atoms with Crippen molar-refractivity contribution in [3.8, 4) is 0 Å². The van der Waals surface area contributed by atoms with E-state index in [1.807, 2.05) is 0 Å². The Morgan fingerprint density at radius 1 is 1.07 bits per heavy atom. The molecule has 2 aliphatic heterocycles. The fraction of sp³-hybridized carbons (Fsp3) is 1.00. The number of aliphatic hydroxyl groups is 1. The lowest BCUT2D eigenvalue weighted by molar-refractivity contribution is -0.185. The van der Waals surface area contributed by atoms with E-state index < -0.39 is 0 Å². The number of rotatable bonds is 4. The van der Waals surface area contributed by atoms with Gasteiger partial charge in [-0.2, -0.15) is 0 Å². The van der Waals surface area contributed by atoms with Crippen LogP contribution in [-0.4, -0.2) is 55.2 Å². The zero-order valence-electron chi connectivity index (χ0n) is 9.28. The molecule has 1 spiro atoms. The maximum atomic E-state index is 8.70. The maximum Gasteiger partial charge on any atom is 0.170 e. The number of aliphatic hydroxyl groups excluding tert-OH is 1. The minimum atomic E-state index is -0.243. The first-order valence-corrected chi connectivity index (χ1v) is 5.96. The molecule has 2 heterocycles. The van der Waals surface area contributed by atoms with Gasteiger partial charge in [-0.05, 0) is 19.4 Å². The Balaban J connectivity index is 1.67. The van der Waals surface area contributed by atoms with Crippen LogP contribution in [0, 0.1) is 0 Å². The molecule has 2 aliphatic rings. The van der Waals surface area contributed by atoms with Gasteiger partial charge in [0.05, 0.1) is 13.2 Å². The lowest BCUT2D eigenvalue weighted by Gasteiger charge is -2.37. The van der Waals surface area contributed by atoms with Gasteiger partial charge in [0.1, 0.15) is 0 Å². The number of nitrogens with zero attached hydrogens (tertiary/aromatic N) is 1. The van der Waals surface area contributed by atoms with Crippen molar-refractivity contribution in [2.24, 2.45) is 0 Å². The number of hydrogen-bond acceptors (Lipinski definition) is 4. The average Bonchev–Trinajstić information content (AvgIpc) is 2.71. The first-order valence-electron chi connectivity index (χ1n) is 5.96. The summed E-state index contributed by atoms with van der Waals surface area (Å²) < 4.78 is 11.3. The molecule has 0 aromatic rings. The standard InChI is InChI=1S/C11H21NO3/c13-8-2-1-5-12-6-3-11(4-7-12)14-9-10-15-11/h13H,1-10H2. The predicted octanol–water partition coefficient (Wildman–Crippen LogP) is 0.598. The zero-order valence-corrected chi connectivity index (χ0v) is 9.28. The molecule has 15 heavy (non-hydrogen) atoms. The Bertz CT molecular complexity index is 182. The summed E-state index contributed by atoms with van der Waals surface area (Å²) >= 11 is 0. The molecule has 2 rings (SSSR count). The van der Waals surface area contributed by atoms with Crippen LogP contribution in [0.3, 0.4) is 0 Å². The third-order valence-electron chi connectivity index (χ3n) is 3.31. The van der Waals surface area contributed by atoms with Crippen LogP contribution in [0.15, 0.2) is 0 Å². The third kappa shape index (κ3) is 2.91. The molecule has 0 radical (unpaired) electrons. The summed E-state index contributed by atoms with van der Waals surface area (Å²) in [6.07, 6.45) is 3.98. The molecule has 0 aromatic heterocycles. The second kappa shape index (κ2) is 5.25. The van der Waals surface area contributed by atoms with E-state index >= 15 is 0 Å². The van der Waals surface area contributed by atoms with Gasteiger partial charge in [0.2, 0.25) is 0 Å². The van der Waals surface area contributed by atoms with Gasteiger partial charge in [0, 0.05) is 32.5 Å². The fourth-order valence-corrected chi connectivity index (χ4v) is 2.35. The van der Waals surface area contributed by atoms with Crippen LogP contribution in [0.2, 0.25) is 0 Å². The Morgan fingerprint density at radius 2 is 1.73 bits per heavy atom. The molecular weight excluding hydrogens is 194 g/mol. The Labute approximate surface area is 91.2 Å². The van der Waals surface area contributed by atoms with Crippen molar-refractivity contribution < 1.29 is 14.6 Å². The monoisotopic (exact) mass is 215 g/mol. The van der Waals surface area contributed by atoms with Gasteiger partial charge >= 0.3 is 0 Å². The molecule has 0 unspecified atom stereocenters. The minimum absolute atomic E-state index is 0.243. The first kappa shape index (κ1) is 11.3. The Hall–Kier alpha value is -0.160. The minimum Gasteiger partial charge on any atom is -0.396 e. The van der Waals surface area contributed by atoms with Crippen molar-refractivity contribution in [3.05, 3.63) is 0 Å². The predicted molar refractivity (Wildman–Crippen MR) is 56.6 cm³/mol. The average molecular weight is 215 g/mol. The van der Waals surface area contributed by atoms with Crippen LogP contribution in [0.4, 0.5) is 0 Å². The SMILES string of the molecule is OCCCCN1CCC2(CC1)OCCO2. The first-order chi connectivity index (χ1) is 7.35. The van der Waals surface area contributed by atoms with Gasteiger partial charge < -0.3 is 19.5 Å². The van der Waals surface area contributed by atoms with Crippen LogP contribution in [0.1, 0.15) is 25.7 Å². The maximum absolute atomic E-state index is 8.70. The van der Waals surface area contributed by atoms with Gasteiger partial charge in [0.15, 0.2) is 5.79 Å². The third-order valence-corrected chi connectivity index (χ3v) is 3.31. The van der Waals surface area contributed by atoms with E-state index in [1.54, 1.807) is 0 Å². The highest BCUT2D eigenvalue weighted by Gasteiger charge is 2.39. The zero-order chi connectivity index (χ0) is 10.6. The number of unbranched alkanes of at least 4 members (excludes halogenated alkanes) is 1. The van der Waals surface area contributed by atoms with Crippen LogP contribution < -0.4 is 0 Å². The molecule has 0 amide bonds. The lowest BCUT2D eigenvalue weighted by Crippen LogP contribution is -2.45. The summed E-state index contributed by atoms with van der Waals surface area (Å²) in [6, 6.07) is 0. The van der Waals surface area contributed by atoms with Crippen molar-refractivity contribution >= 4 is 0 Å². The normalized spacial score (nSPS) is 26.2. The summed E-state index contributed by atoms with van der Waals surface area (Å²) in [5, 5.41) is 8.70. The van der Waals surface area contributed by atoms with Gasteiger partial charge in [-0.3, -0.25) is 0 Å². The molecule has 0 aromatic carbocycles. The molecular formula is C11H21NO3. The van der Waals surface area contributed by atoms with E-state index in [-0.39, 0.29) is 5.79 Å². The van der Waals surface area contributed by atoms with E-state index in [2.05, 4.69) is 4.90 Å². The highest BCUT2D eigenvalue weighted by atomic mass is 16.7. The summed E-state index contributed by atoms with van der Waals surface area (Å²) in [7, 11) is 0. The fourth-order valence-electron chi connectivity index (χ4n) is 2.35. The van der Waals surface area contributed by atoms with Crippen molar-refractivity contribution in [3.63, 3.8) is 0 Å². The molecule has 2 saturated heterocycles. The quantitative estimate of drug-likeness (QED) is 0.697. The molecule has 0 aliphatic carbocycles. The molecule has 0 saturated carbocycles. The largest absolute Gasteiger partial charge is 0.396 e. The van der Waals surface area contributed by atoms with Gasteiger partial charge in [-0.1, -0.05) is 0 Å². The number of ether oxygens (including phenoxy) is 2. The number of hydrogen-bond donors (Lipinski definition) is 1. The van der Waals surface area contributed by atoms with Gasteiger partial charge in [-0.15, -0.1) is 0 Å². The van der Waals surface area contributed by atoms with E-state index in [9.17, 15) is 0 Å². The topological polar surface area (TPSA) is 41.9 Å². The molecule has 4 heteroatoms. The van der Waals surface area contributed by atoms with Crippen molar-refractivity contribution in [2.45, 2.75) is 31.5 Å². The summed E-state index contributed by atoms with van der Waals surface area (Å²) in [5.41, 5.74) is 0. The Morgan fingerprint density at radius 3 is 2.33 bits per heavy atom. The number of piperidine rings is 1. The van der Waals surface area contributed by atoms with Crippen molar-refractivity contribution in [2.75, 3.05) is 39.5 Å². The molecule has 0 atom stereocenters. The molecule has 0 bridgehead atoms. The summed E-state index contributed by atoms with van der Waals surface area (Å²) in [5.74, 6) is -0.243. The summed E-state index contributed by atoms with van der Waals surface area (Å²) in [4.78, 5) is 2.44.